The van der Waals surface area contributed by atoms with Gasteiger partial charge in [0.2, 0.25) is 11.8 Å². The average Bonchev–Trinajstić information content (AvgIpc) is 2.72. The highest BCUT2D eigenvalue weighted by Gasteiger charge is 2.43. The van der Waals surface area contributed by atoms with E-state index in [4.69, 9.17) is 4.74 Å². The van der Waals surface area contributed by atoms with Crippen molar-refractivity contribution in [3.8, 4) is 5.75 Å². The van der Waals surface area contributed by atoms with Gasteiger partial charge in [-0.25, -0.2) is 4.79 Å². The molecule has 0 aliphatic rings. The second-order valence-corrected chi connectivity index (χ2v) is 11.0. The van der Waals surface area contributed by atoms with Crippen molar-refractivity contribution in [3.63, 3.8) is 0 Å². The molecule has 3 atom stereocenters. The van der Waals surface area contributed by atoms with Crippen LogP contribution in [-0.2, 0) is 14.3 Å². The fraction of sp³-hybridized carbons (Fsp3) is 0.667. The summed E-state index contributed by atoms with van der Waals surface area (Å²) >= 11 is 0. The lowest BCUT2D eigenvalue weighted by Crippen LogP contribution is -2.60. The van der Waals surface area contributed by atoms with E-state index in [0.717, 1.165) is 12.8 Å². The van der Waals surface area contributed by atoms with E-state index in [1.807, 2.05) is 41.5 Å². The summed E-state index contributed by atoms with van der Waals surface area (Å²) < 4.78 is 5.42. The van der Waals surface area contributed by atoms with Crippen LogP contribution in [0.25, 0.3) is 0 Å². The number of nitrogens with zero attached hydrogens (tertiary/aromatic N) is 1. The number of carbonyl (C=O) groups excluding carboxylic acids is 3. The Hall–Kier alpha value is -2.77. The van der Waals surface area contributed by atoms with Crippen molar-refractivity contribution >= 4 is 17.9 Å². The van der Waals surface area contributed by atoms with Gasteiger partial charge in [-0.2, -0.15) is 0 Å². The molecule has 8 nitrogen and oxygen atoms in total. The lowest BCUT2D eigenvalue weighted by molar-refractivity contribution is -0.149. The lowest BCUT2D eigenvalue weighted by Gasteiger charge is -2.43. The van der Waals surface area contributed by atoms with Crippen LogP contribution in [0, 0.1) is 5.92 Å². The standard InChI is InChI=1S/C27H45N3O5/c1-10-12-16-28-23(32)22(19-14-13-15-20(31)17-19)30(26(4,5)6)24(33)21(18(3)11-2)29-25(34)35-27(7,8)9/h13-15,17-18,21-22,31H,10-12,16H2,1-9H3,(H,28,32)(H,29,34). The molecule has 1 aromatic carbocycles. The molecule has 0 aromatic heterocycles. The first kappa shape index (κ1) is 30.3. The van der Waals surface area contributed by atoms with Crippen LogP contribution in [-0.4, -0.2) is 51.6 Å². The molecule has 1 rings (SSSR count). The van der Waals surface area contributed by atoms with Gasteiger partial charge in [-0.1, -0.05) is 45.7 Å². The maximum absolute atomic E-state index is 14.1. The van der Waals surface area contributed by atoms with Gasteiger partial charge >= 0.3 is 6.09 Å². The Kier molecular flexibility index (Phi) is 11.1. The zero-order valence-electron chi connectivity index (χ0n) is 22.9. The molecular formula is C27H45N3O5. The molecule has 3 unspecified atom stereocenters. The second kappa shape index (κ2) is 12.8. The first-order chi connectivity index (χ1) is 16.1. The van der Waals surface area contributed by atoms with Crippen LogP contribution >= 0.6 is 0 Å². The summed E-state index contributed by atoms with van der Waals surface area (Å²) in [5.74, 6) is -0.947. The van der Waals surface area contributed by atoms with E-state index in [1.165, 1.54) is 17.0 Å². The molecule has 3 N–H and O–H groups in total. The molecule has 0 saturated heterocycles. The normalized spacial score (nSPS) is 14.4. The van der Waals surface area contributed by atoms with E-state index in [-0.39, 0.29) is 17.6 Å². The Balaban J connectivity index is 3.54. The molecule has 0 aliphatic heterocycles. The number of benzene rings is 1. The van der Waals surface area contributed by atoms with Crippen molar-refractivity contribution in [2.24, 2.45) is 5.92 Å². The van der Waals surface area contributed by atoms with Crippen molar-refractivity contribution in [2.75, 3.05) is 6.54 Å². The number of amides is 3. The predicted octanol–water partition coefficient (Wildman–Crippen LogP) is 4.92. The maximum atomic E-state index is 14.1. The Bertz CT molecular complexity index is 857. The summed E-state index contributed by atoms with van der Waals surface area (Å²) in [6.45, 7) is 17.1. The van der Waals surface area contributed by atoms with E-state index < -0.39 is 35.2 Å². The van der Waals surface area contributed by atoms with Gasteiger partial charge in [0.25, 0.3) is 0 Å². The topological polar surface area (TPSA) is 108 Å². The number of hydrogen-bond donors (Lipinski definition) is 3. The number of alkyl carbamates (subject to hydrolysis) is 1. The SMILES string of the molecule is CCCCNC(=O)C(c1cccc(O)c1)N(C(=O)C(NC(=O)OC(C)(C)C)C(C)CC)C(C)(C)C. The molecule has 0 saturated carbocycles. The molecule has 0 aliphatic carbocycles. The van der Waals surface area contributed by atoms with Crippen molar-refractivity contribution in [1.82, 2.24) is 15.5 Å². The fourth-order valence-corrected chi connectivity index (χ4v) is 3.71. The number of nitrogens with one attached hydrogen (secondary N) is 2. The molecule has 3 amide bonds. The third-order valence-electron chi connectivity index (χ3n) is 5.63. The third-order valence-corrected chi connectivity index (χ3v) is 5.63. The summed E-state index contributed by atoms with van der Waals surface area (Å²) in [7, 11) is 0. The Morgan fingerprint density at radius 3 is 2.20 bits per heavy atom. The predicted molar refractivity (Wildman–Crippen MR) is 138 cm³/mol. The number of carbonyl (C=O) groups is 3. The number of aromatic hydroxyl groups is 1. The average molecular weight is 492 g/mol. The number of rotatable bonds is 10. The fourth-order valence-electron chi connectivity index (χ4n) is 3.71. The summed E-state index contributed by atoms with van der Waals surface area (Å²) in [5, 5.41) is 15.8. The zero-order chi connectivity index (χ0) is 27.0. The van der Waals surface area contributed by atoms with E-state index in [2.05, 4.69) is 10.6 Å². The quantitative estimate of drug-likeness (QED) is 0.403. The van der Waals surface area contributed by atoms with Crippen LogP contribution < -0.4 is 10.6 Å². The second-order valence-electron chi connectivity index (χ2n) is 11.0. The van der Waals surface area contributed by atoms with Gasteiger partial charge in [0.1, 0.15) is 23.4 Å². The van der Waals surface area contributed by atoms with Crippen molar-refractivity contribution in [1.29, 1.82) is 0 Å². The minimum absolute atomic E-state index is 0.000484. The summed E-state index contributed by atoms with van der Waals surface area (Å²) in [6.07, 6.45) is 1.65. The highest BCUT2D eigenvalue weighted by Crippen LogP contribution is 2.32. The van der Waals surface area contributed by atoms with Crippen LogP contribution in [0.5, 0.6) is 5.75 Å². The monoisotopic (exact) mass is 491 g/mol. The molecule has 8 heteroatoms. The molecule has 0 bridgehead atoms. The number of unbranched alkanes of at least 4 members (excludes halogenated alkanes) is 1. The van der Waals surface area contributed by atoms with Gasteiger partial charge in [0, 0.05) is 12.1 Å². The number of hydrogen-bond acceptors (Lipinski definition) is 5. The lowest BCUT2D eigenvalue weighted by atomic mass is 9.91. The third kappa shape index (κ3) is 9.42. The van der Waals surface area contributed by atoms with Crippen molar-refractivity contribution in [3.05, 3.63) is 29.8 Å². The smallest absolute Gasteiger partial charge is 0.408 e. The molecular weight excluding hydrogens is 446 g/mol. The molecule has 0 radical (unpaired) electrons. The first-order valence-electron chi connectivity index (χ1n) is 12.5. The van der Waals surface area contributed by atoms with Crippen molar-refractivity contribution in [2.45, 2.75) is 105 Å². The highest BCUT2D eigenvalue weighted by atomic mass is 16.6. The number of phenols is 1. The molecule has 0 heterocycles. The molecule has 0 spiro atoms. The summed E-state index contributed by atoms with van der Waals surface area (Å²) in [5.41, 5.74) is -1.01. The van der Waals surface area contributed by atoms with Gasteiger partial charge < -0.3 is 25.4 Å². The van der Waals surface area contributed by atoms with Crippen LogP contribution in [0.4, 0.5) is 4.79 Å². The highest BCUT2D eigenvalue weighted by molar-refractivity contribution is 5.92. The Morgan fingerprint density at radius 1 is 1.09 bits per heavy atom. The van der Waals surface area contributed by atoms with Crippen LogP contribution in [0.1, 0.15) is 93.2 Å². The van der Waals surface area contributed by atoms with Gasteiger partial charge in [-0.3, -0.25) is 9.59 Å². The number of ether oxygens (including phenoxy) is 1. The van der Waals surface area contributed by atoms with Crippen LogP contribution in [0.2, 0.25) is 0 Å². The van der Waals surface area contributed by atoms with Crippen LogP contribution in [0.15, 0.2) is 24.3 Å². The van der Waals surface area contributed by atoms with Gasteiger partial charge in [0.05, 0.1) is 0 Å². The minimum Gasteiger partial charge on any atom is -0.508 e. The van der Waals surface area contributed by atoms with E-state index in [1.54, 1.807) is 32.9 Å². The first-order valence-corrected chi connectivity index (χ1v) is 12.5. The molecule has 0 fully saturated rings. The zero-order valence-corrected chi connectivity index (χ0v) is 22.9. The Morgan fingerprint density at radius 2 is 1.71 bits per heavy atom. The van der Waals surface area contributed by atoms with Crippen LogP contribution in [0.3, 0.4) is 0 Å². The van der Waals surface area contributed by atoms with E-state index in [9.17, 15) is 19.5 Å². The molecule has 198 valence electrons. The number of phenolic OH excluding ortho intramolecular Hbond substituents is 1. The minimum atomic E-state index is -1.00. The maximum Gasteiger partial charge on any atom is 0.408 e. The summed E-state index contributed by atoms with van der Waals surface area (Å²) in [4.78, 5) is 41.8. The largest absolute Gasteiger partial charge is 0.508 e. The Labute approximate surface area is 210 Å². The van der Waals surface area contributed by atoms with Crippen molar-refractivity contribution < 1.29 is 24.2 Å². The molecule has 35 heavy (non-hydrogen) atoms. The van der Waals surface area contributed by atoms with E-state index in [0.29, 0.717) is 18.5 Å². The molecule has 1 aromatic rings. The summed E-state index contributed by atoms with van der Waals surface area (Å²) in [6, 6.07) is 4.47. The van der Waals surface area contributed by atoms with Gasteiger partial charge in [-0.05, 0) is 71.6 Å². The van der Waals surface area contributed by atoms with Gasteiger partial charge in [-0.15, -0.1) is 0 Å². The van der Waals surface area contributed by atoms with E-state index >= 15 is 0 Å². The van der Waals surface area contributed by atoms with Gasteiger partial charge in [0.15, 0.2) is 0 Å².